The lowest BCUT2D eigenvalue weighted by Crippen LogP contribution is -2.49. The van der Waals surface area contributed by atoms with Crippen molar-refractivity contribution in [3.63, 3.8) is 0 Å². The molecule has 0 bridgehead atoms. The minimum atomic E-state index is -0.273. The predicted molar refractivity (Wildman–Crippen MR) is 198 cm³/mol. The molecule has 0 fully saturated rings. The molecule has 0 saturated carbocycles. The lowest BCUT2D eigenvalue weighted by Gasteiger charge is -2.20. The summed E-state index contributed by atoms with van der Waals surface area (Å²) < 4.78 is 0. The molecule has 0 aliphatic carbocycles. The Bertz CT molecular complexity index is 564. The van der Waals surface area contributed by atoms with Crippen LogP contribution in [0.3, 0.4) is 0 Å². The first-order valence-corrected chi connectivity index (χ1v) is 20.4. The van der Waals surface area contributed by atoms with Gasteiger partial charge in [0.25, 0.3) is 0 Å². The molecule has 0 spiro atoms. The minimum absolute atomic E-state index is 0.0677. The molecule has 5 nitrogen and oxygen atoms in total. The van der Waals surface area contributed by atoms with Crippen LogP contribution in [0.15, 0.2) is 0 Å². The zero-order chi connectivity index (χ0) is 32.9. The van der Waals surface area contributed by atoms with Crippen molar-refractivity contribution in [3.8, 4) is 0 Å². The molecule has 45 heavy (non-hydrogen) atoms. The maximum absolute atomic E-state index is 12.6. The largest absolute Gasteiger partial charge is 0.336 e. The number of carbonyl (C=O) groups is 2. The maximum atomic E-state index is 12.6. The van der Waals surface area contributed by atoms with Crippen molar-refractivity contribution in [1.82, 2.24) is 16.0 Å². The van der Waals surface area contributed by atoms with E-state index in [0.29, 0.717) is 19.3 Å². The Morgan fingerprint density at radius 3 is 0.889 bits per heavy atom. The van der Waals surface area contributed by atoms with Crippen molar-refractivity contribution < 1.29 is 9.59 Å². The van der Waals surface area contributed by atoms with Gasteiger partial charge in [0.1, 0.15) is 6.17 Å². The summed E-state index contributed by atoms with van der Waals surface area (Å²) >= 11 is 0. The highest BCUT2D eigenvalue weighted by Crippen LogP contribution is 2.15. The van der Waals surface area contributed by atoms with Crippen molar-refractivity contribution in [2.24, 2.45) is 0 Å². The zero-order valence-corrected chi connectivity index (χ0v) is 30.9. The summed E-state index contributed by atoms with van der Waals surface area (Å²) in [6, 6.07) is 0. The minimum Gasteiger partial charge on any atom is -0.336 e. The summed E-state index contributed by atoms with van der Waals surface area (Å²) in [5.74, 6) is 0.135. The average molecular weight is 636 g/mol. The number of hydrogen-bond donors (Lipinski definition) is 3. The highest BCUT2D eigenvalue weighted by atomic mass is 16.2. The Labute approximate surface area is 282 Å². The molecular weight excluding hydrogens is 554 g/mol. The summed E-state index contributed by atoms with van der Waals surface area (Å²) in [4.78, 5) is 25.1. The van der Waals surface area contributed by atoms with Gasteiger partial charge in [-0.2, -0.15) is 0 Å². The SMILES string of the molecule is CCCCCCCCCCCCCCCCCC(=O)NC(CCNC)NC(=O)CCCCCCCCCCCCCCCCC. The number of unbranched alkanes of at least 4 members (excludes halogenated alkanes) is 28. The van der Waals surface area contributed by atoms with Crippen LogP contribution in [0.2, 0.25) is 0 Å². The van der Waals surface area contributed by atoms with E-state index < -0.39 is 0 Å². The van der Waals surface area contributed by atoms with E-state index in [1.807, 2.05) is 7.05 Å². The summed E-state index contributed by atoms with van der Waals surface area (Å²) in [5, 5.41) is 9.29. The van der Waals surface area contributed by atoms with E-state index in [0.717, 1.165) is 32.2 Å². The molecule has 0 aromatic carbocycles. The Hall–Kier alpha value is -1.10. The molecule has 0 aliphatic rings. The maximum Gasteiger partial charge on any atom is 0.221 e. The quantitative estimate of drug-likeness (QED) is 0.0470. The van der Waals surface area contributed by atoms with Crippen molar-refractivity contribution in [2.45, 2.75) is 232 Å². The Morgan fingerprint density at radius 1 is 0.400 bits per heavy atom. The van der Waals surface area contributed by atoms with Crippen molar-refractivity contribution in [2.75, 3.05) is 13.6 Å². The molecule has 0 atom stereocenters. The predicted octanol–water partition coefficient (Wildman–Crippen LogP) is 11.7. The number of amides is 2. The van der Waals surface area contributed by atoms with E-state index in [2.05, 4.69) is 29.8 Å². The van der Waals surface area contributed by atoms with Gasteiger partial charge in [-0.05, 0) is 32.9 Å². The number of carbonyl (C=O) groups excluding carboxylic acids is 2. The van der Waals surface area contributed by atoms with Crippen LogP contribution in [0, 0.1) is 0 Å². The van der Waals surface area contributed by atoms with E-state index >= 15 is 0 Å². The Kier molecular flexibility index (Phi) is 36.4. The average Bonchev–Trinajstić information content (AvgIpc) is 3.03. The third kappa shape index (κ3) is 35.6. The van der Waals surface area contributed by atoms with Crippen LogP contribution in [0.5, 0.6) is 0 Å². The molecule has 2 amide bonds. The van der Waals surface area contributed by atoms with Crippen LogP contribution < -0.4 is 16.0 Å². The highest BCUT2D eigenvalue weighted by Gasteiger charge is 2.14. The second-order valence-corrected chi connectivity index (χ2v) is 14.0. The van der Waals surface area contributed by atoms with Crippen LogP contribution in [-0.4, -0.2) is 31.6 Å². The number of hydrogen-bond acceptors (Lipinski definition) is 3. The third-order valence-corrected chi connectivity index (χ3v) is 9.37. The highest BCUT2D eigenvalue weighted by molar-refractivity contribution is 5.79. The second-order valence-electron chi connectivity index (χ2n) is 14.0. The number of nitrogens with one attached hydrogen (secondary N) is 3. The monoisotopic (exact) mass is 636 g/mol. The first-order chi connectivity index (χ1) is 22.1. The number of rotatable bonds is 37. The molecule has 0 aliphatic heterocycles. The molecule has 0 heterocycles. The van der Waals surface area contributed by atoms with Gasteiger partial charge in [0, 0.05) is 12.8 Å². The van der Waals surface area contributed by atoms with E-state index in [-0.39, 0.29) is 18.0 Å². The Balaban J connectivity index is 3.70. The lowest BCUT2D eigenvalue weighted by molar-refractivity contribution is -0.124. The fraction of sp³-hybridized carbons (Fsp3) is 0.950. The molecular formula is C40H81N3O2. The molecule has 0 unspecified atom stereocenters. The van der Waals surface area contributed by atoms with E-state index in [4.69, 9.17) is 0 Å². The first kappa shape index (κ1) is 43.9. The first-order valence-electron chi connectivity index (χ1n) is 20.4. The van der Waals surface area contributed by atoms with Gasteiger partial charge in [-0.25, -0.2) is 0 Å². The van der Waals surface area contributed by atoms with Gasteiger partial charge in [0.2, 0.25) is 11.8 Å². The molecule has 0 aromatic heterocycles. The van der Waals surface area contributed by atoms with Crippen LogP contribution in [-0.2, 0) is 9.59 Å². The summed E-state index contributed by atoms with van der Waals surface area (Å²) in [6.07, 6.45) is 41.4. The summed E-state index contributed by atoms with van der Waals surface area (Å²) in [5.41, 5.74) is 0. The van der Waals surface area contributed by atoms with Crippen molar-refractivity contribution >= 4 is 11.8 Å². The van der Waals surface area contributed by atoms with Gasteiger partial charge in [-0.3, -0.25) is 9.59 Å². The molecule has 0 saturated heterocycles. The third-order valence-electron chi connectivity index (χ3n) is 9.37. The molecule has 3 N–H and O–H groups in total. The van der Waals surface area contributed by atoms with Crippen LogP contribution >= 0.6 is 0 Å². The van der Waals surface area contributed by atoms with Crippen molar-refractivity contribution in [1.29, 1.82) is 0 Å². The summed E-state index contributed by atoms with van der Waals surface area (Å²) in [6.45, 7) is 5.33. The molecule has 5 heteroatoms. The standard InChI is InChI=1S/C40H81N3O2/c1-4-6-8-10-12-14-16-18-20-22-24-26-28-30-32-34-39(44)42-38(36-37-41-3)43-40(45)35-33-31-29-27-25-23-21-19-17-15-13-11-9-7-5-2/h38,41H,4-37H2,1-3H3,(H,42,44)(H,43,45). The van der Waals surface area contributed by atoms with Gasteiger partial charge in [0.05, 0.1) is 0 Å². The molecule has 0 aromatic rings. The lowest BCUT2D eigenvalue weighted by atomic mass is 10.0. The molecule has 0 radical (unpaired) electrons. The van der Waals surface area contributed by atoms with Gasteiger partial charge >= 0.3 is 0 Å². The van der Waals surface area contributed by atoms with E-state index in [1.54, 1.807) is 0 Å². The molecule has 268 valence electrons. The van der Waals surface area contributed by atoms with E-state index in [1.165, 1.54) is 167 Å². The smallest absolute Gasteiger partial charge is 0.221 e. The molecule has 0 rings (SSSR count). The van der Waals surface area contributed by atoms with Crippen molar-refractivity contribution in [3.05, 3.63) is 0 Å². The zero-order valence-electron chi connectivity index (χ0n) is 30.9. The second kappa shape index (κ2) is 37.4. The normalized spacial score (nSPS) is 11.4. The fourth-order valence-corrected chi connectivity index (χ4v) is 6.32. The Morgan fingerprint density at radius 2 is 0.644 bits per heavy atom. The van der Waals surface area contributed by atoms with Crippen LogP contribution in [0.4, 0.5) is 0 Å². The topological polar surface area (TPSA) is 70.2 Å². The van der Waals surface area contributed by atoms with Gasteiger partial charge in [-0.1, -0.05) is 194 Å². The fourth-order valence-electron chi connectivity index (χ4n) is 6.32. The van der Waals surface area contributed by atoms with Gasteiger partial charge in [-0.15, -0.1) is 0 Å². The summed E-state index contributed by atoms with van der Waals surface area (Å²) in [7, 11) is 1.91. The van der Waals surface area contributed by atoms with Gasteiger partial charge < -0.3 is 16.0 Å². The van der Waals surface area contributed by atoms with Crippen LogP contribution in [0.1, 0.15) is 226 Å². The van der Waals surface area contributed by atoms with Crippen LogP contribution in [0.25, 0.3) is 0 Å². The van der Waals surface area contributed by atoms with E-state index in [9.17, 15) is 9.59 Å². The van der Waals surface area contributed by atoms with Gasteiger partial charge in [0.15, 0.2) is 0 Å².